The molecule has 0 saturated heterocycles. The van der Waals surface area contributed by atoms with Gasteiger partial charge in [-0.05, 0) is 25.3 Å². The monoisotopic (exact) mass is 210 g/mol. The molecule has 1 nitrogen and oxygen atoms in total. The third kappa shape index (κ3) is 2.95. The normalized spacial score (nSPS) is 11.8. The molecule has 2 heteroatoms. The van der Waals surface area contributed by atoms with Crippen LogP contribution in [0.4, 0.5) is 0 Å². The molecule has 0 fully saturated rings. The summed E-state index contributed by atoms with van der Waals surface area (Å²) in [5.41, 5.74) is 1.00. The predicted molar refractivity (Wildman–Crippen MR) is 62.2 cm³/mol. The van der Waals surface area contributed by atoms with Crippen molar-refractivity contribution in [3.8, 4) is 0 Å². The van der Waals surface area contributed by atoms with Crippen LogP contribution >= 0.6 is 11.3 Å². The Kier molecular flexibility index (Phi) is 3.15. The second-order valence-corrected chi connectivity index (χ2v) is 6.45. The predicted octanol–water partition coefficient (Wildman–Crippen LogP) is 3.98. The first kappa shape index (κ1) is 11.4. The van der Waals surface area contributed by atoms with Crippen LogP contribution in [0, 0.1) is 19.3 Å². The molecule has 14 heavy (non-hydrogen) atoms. The summed E-state index contributed by atoms with van der Waals surface area (Å²) in [6, 6.07) is 2.01. The van der Waals surface area contributed by atoms with Crippen LogP contribution in [-0.2, 0) is 0 Å². The molecule has 0 radical (unpaired) electrons. The molecule has 0 aliphatic carbocycles. The number of hydrogen-bond acceptors (Lipinski definition) is 2. The highest BCUT2D eigenvalue weighted by Crippen LogP contribution is 2.26. The third-order valence-corrected chi connectivity index (χ3v) is 3.00. The minimum atomic E-state index is 0.0827. The van der Waals surface area contributed by atoms with Crippen molar-refractivity contribution in [1.29, 1.82) is 0 Å². The quantitative estimate of drug-likeness (QED) is 0.675. The number of thiophene rings is 1. The Hall–Kier alpha value is -0.630. The molecule has 0 bridgehead atoms. The minimum Gasteiger partial charge on any atom is -0.294 e. The van der Waals surface area contributed by atoms with Gasteiger partial charge in [0.05, 0.1) is 0 Å². The maximum absolute atomic E-state index is 11.9. The van der Waals surface area contributed by atoms with E-state index in [1.54, 1.807) is 11.3 Å². The van der Waals surface area contributed by atoms with E-state index in [1.807, 2.05) is 19.9 Å². The fourth-order valence-electron chi connectivity index (χ4n) is 1.48. The number of ketones is 1. The van der Waals surface area contributed by atoms with Gasteiger partial charge < -0.3 is 0 Å². The molecule has 0 aliphatic rings. The highest BCUT2D eigenvalue weighted by Gasteiger charge is 2.19. The van der Waals surface area contributed by atoms with Crippen molar-refractivity contribution in [2.45, 2.75) is 41.0 Å². The van der Waals surface area contributed by atoms with Gasteiger partial charge in [0.25, 0.3) is 0 Å². The zero-order chi connectivity index (χ0) is 10.9. The van der Waals surface area contributed by atoms with Crippen LogP contribution < -0.4 is 0 Å². The highest BCUT2D eigenvalue weighted by molar-refractivity contribution is 7.12. The van der Waals surface area contributed by atoms with E-state index in [0.29, 0.717) is 6.42 Å². The summed E-state index contributed by atoms with van der Waals surface area (Å²) in [6.45, 7) is 10.4. The maximum atomic E-state index is 11.9. The Balaban J connectivity index is 2.85. The van der Waals surface area contributed by atoms with Crippen LogP contribution in [0.3, 0.4) is 0 Å². The summed E-state index contributed by atoms with van der Waals surface area (Å²) in [6.07, 6.45) is 0.629. The lowest BCUT2D eigenvalue weighted by Crippen LogP contribution is -2.13. The van der Waals surface area contributed by atoms with Gasteiger partial charge in [0, 0.05) is 21.7 Å². The topological polar surface area (TPSA) is 17.1 Å². The smallest absolute Gasteiger partial charge is 0.164 e. The molecule has 78 valence electrons. The van der Waals surface area contributed by atoms with E-state index >= 15 is 0 Å². The molecule has 1 rings (SSSR count). The van der Waals surface area contributed by atoms with Gasteiger partial charge in [0.1, 0.15) is 0 Å². The maximum Gasteiger partial charge on any atom is 0.164 e. The average molecular weight is 210 g/mol. The van der Waals surface area contributed by atoms with E-state index in [2.05, 4.69) is 20.8 Å². The molecule has 0 unspecified atom stereocenters. The van der Waals surface area contributed by atoms with E-state index in [4.69, 9.17) is 0 Å². The molecule has 1 aromatic rings. The lowest BCUT2D eigenvalue weighted by Gasteiger charge is -2.16. The average Bonchev–Trinajstić information content (AvgIpc) is 2.26. The van der Waals surface area contributed by atoms with Gasteiger partial charge in [-0.2, -0.15) is 0 Å². The van der Waals surface area contributed by atoms with E-state index < -0.39 is 0 Å². The first-order valence-electron chi connectivity index (χ1n) is 4.90. The molecule has 0 aromatic carbocycles. The van der Waals surface area contributed by atoms with Crippen molar-refractivity contribution in [1.82, 2.24) is 0 Å². The van der Waals surface area contributed by atoms with Gasteiger partial charge in [-0.1, -0.05) is 20.8 Å². The SMILES string of the molecule is Cc1cc(C(=O)CC(C)(C)C)c(C)s1. The summed E-state index contributed by atoms with van der Waals surface area (Å²) < 4.78 is 0. The van der Waals surface area contributed by atoms with Crippen LogP contribution in [0.5, 0.6) is 0 Å². The van der Waals surface area contributed by atoms with Crippen molar-refractivity contribution in [2.24, 2.45) is 5.41 Å². The first-order valence-corrected chi connectivity index (χ1v) is 5.71. The molecule has 0 amide bonds. The molecule has 0 atom stereocenters. The summed E-state index contributed by atoms with van der Waals surface area (Å²) in [5, 5.41) is 0. The molecule has 0 saturated carbocycles. The number of carbonyl (C=O) groups excluding carboxylic acids is 1. The summed E-state index contributed by atoms with van der Waals surface area (Å²) in [4.78, 5) is 14.3. The number of carbonyl (C=O) groups is 1. The van der Waals surface area contributed by atoms with E-state index in [1.165, 1.54) is 4.88 Å². The van der Waals surface area contributed by atoms with Gasteiger partial charge >= 0.3 is 0 Å². The lowest BCUT2D eigenvalue weighted by atomic mass is 9.88. The molecule has 1 heterocycles. The Bertz CT molecular complexity index is 342. The van der Waals surface area contributed by atoms with Gasteiger partial charge in [0.15, 0.2) is 5.78 Å². The van der Waals surface area contributed by atoms with Crippen LogP contribution in [0.25, 0.3) is 0 Å². The van der Waals surface area contributed by atoms with Crippen LogP contribution in [0.15, 0.2) is 6.07 Å². The van der Waals surface area contributed by atoms with Crippen molar-refractivity contribution in [3.63, 3.8) is 0 Å². The van der Waals surface area contributed by atoms with Crippen LogP contribution in [-0.4, -0.2) is 5.78 Å². The zero-order valence-corrected chi connectivity index (χ0v) is 10.4. The van der Waals surface area contributed by atoms with Gasteiger partial charge in [-0.25, -0.2) is 0 Å². The summed E-state index contributed by atoms with van der Waals surface area (Å²) in [5.74, 6) is 0.277. The lowest BCUT2D eigenvalue weighted by molar-refractivity contribution is 0.0940. The standard InChI is InChI=1S/C12H18OS/c1-8-6-10(9(2)14-8)11(13)7-12(3,4)5/h6H,7H2,1-5H3. The Labute approximate surface area is 90.2 Å². The van der Waals surface area contributed by atoms with Crippen molar-refractivity contribution in [3.05, 3.63) is 21.4 Å². The molecule has 0 spiro atoms. The van der Waals surface area contributed by atoms with Crippen molar-refractivity contribution < 1.29 is 4.79 Å². The zero-order valence-electron chi connectivity index (χ0n) is 9.60. The number of aryl methyl sites for hydroxylation is 2. The number of Topliss-reactive ketones (excluding diaryl/α,β-unsaturated/α-hetero) is 1. The third-order valence-electron chi connectivity index (χ3n) is 2.03. The number of hydrogen-bond donors (Lipinski definition) is 0. The van der Waals surface area contributed by atoms with Crippen LogP contribution in [0.2, 0.25) is 0 Å². The largest absolute Gasteiger partial charge is 0.294 e. The van der Waals surface area contributed by atoms with Crippen molar-refractivity contribution >= 4 is 17.1 Å². The van der Waals surface area contributed by atoms with Crippen molar-refractivity contribution in [2.75, 3.05) is 0 Å². The molecule has 1 aromatic heterocycles. The Morgan fingerprint density at radius 1 is 1.36 bits per heavy atom. The van der Waals surface area contributed by atoms with Gasteiger partial charge in [-0.15, -0.1) is 11.3 Å². The molecule has 0 N–H and O–H groups in total. The van der Waals surface area contributed by atoms with E-state index in [0.717, 1.165) is 10.4 Å². The van der Waals surface area contributed by atoms with Gasteiger partial charge in [-0.3, -0.25) is 4.79 Å². The fraction of sp³-hybridized carbons (Fsp3) is 0.583. The number of rotatable bonds is 2. The highest BCUT2D eigenvalue weighted by atomic mass is 32.1. The first-order chi connectivity index (χ1) is 6.29. The molecular weight excluding hydrogens is 192 g/mol. The summed E-state index contributed by atoms with van der Waals surface area (Å²) >= 11 is 1.70. The second kappa shape index (κ2) is 3.85. The molecular formula is C12H18OS. The Morgan fingerprint density at radius 2 is 1.93 bits per heavy atom. The Morgan fingerprint density at radius 3 is 2.29 bits per heavy atom. The second-order valence-electron chi connectivity index (χ2n) is 4.99. The van der Waals surface area contributed by atoms with Gasteiger partial charge in [0.2, 0.25) is 0 Å². The van der Waals surface area contributed by atoms with Crippen LogP contribution in [0.1, 0.15) is 47.3 Å². The van der Waals surface area contributed by atoms with E-state index in [-0.39, 0.29) is 11.2 Å². The van der Waals surface area contributed by atoms with E-state index in [9.17, 15) is 4.79 Å². The minimum absolute atomic E-state index is 0.0827. The fourth-order valence-corrected chi connectivity index (χ4v) is 2.43. The summed E-state index contributed by atoms with van der Waals surface area (Å²) in [7, 11) is 0. The molecule has 0 aliphatic heterocycles.